The molecular formula is C28H41N3O2. The van der Waals surface area contributed by atoms with E-state index in [-0.39, 0.29) is 17.9 Å². The molecule has 5 heteroatoms. The van der Waals surface area contributed by atoms with Crippen LogP contribution in [-0.2, 0) is 4.79 Å². The van der Waals surface area contributed by atoms with Gasteiger partial charge in [-0.25, -0.2) is 4.98 Å². The van der Waals surface area contributed by atoms with E-state index in [1.165, 1.54) is 63.8 Å². The van der Waals surface area contributed by atoms with Crippen LogP contribution in [0, 0.1) is 52.8 Å². The SMILES string of the molecule is CC1CCC2C(CCC3C2CCC2(C)C3CC(C)C2C(=O)CN=CC(=CN)c2ncco2)C1. The molecule has 5 nitrogen and oxygen atoms in total. The average Bonchev–Trinajstić information content (AvgIpc) is 3.41. The Bertz CT molecular complexity index is 906. The second-order valence-corrected chi connectivity index (χ2v) is 12.0. The van der Waals surface area contributed by atoms with Gasteiger partial charge in [0.25, 0.3) is 0 Å². The molecule has 1 heterocycles. The normalized spacial score (nSPS) is 43.2. The van der Waals surface area contributed by atoms with Gasteiger partial charge in [-0.05, 0) is 91.8 Å². The van der Waals surface area contributed by atoms with Gasteiger partial charge in [-0.1, -0.05) is 27.2 Å². The summed E-state index contributed by atoms with van der Waals surface area (Å²) in [5, 5.41) is 0. The number of nitrogens with two attached hydrogens (primary N) is 1. The van der Waals surface area contributed by atoms with E-state index in [0.29, 0.717) is 29.1 Å². The quantitative estimate of drug-likeness (QED) is 0.577. The van der Waals surface area contributed by atoms with Crippen LogP contribution in [0.5, 0.6) is 0 Å². The maximum absolute atomic E-state index is 13.5. The number of ketones is 1. The number of nitrogens with zero attached hydrogens (tertiary/aromatic N) is 2. The number of aliphatic imine (C=N–C) groups is 1. The van der Waals surface area contributed by atoms with Crippen molar-refractivity contribution in [3.8, 4) is 0 Å². The van der Waals surface area contributed by atoms with Crippen LogP contribution in [0.2, 0.25) is 0 Å². The van der Waals surface area contributed by atoms with Crippen molar-refractivity contribution in [2.24, 2.45) is 63.5 Å². The molecule has 180 valence electrons. The fourth-order valence-electron chi connectivity index (χ4n) is 9.01. The third-order valence-corrected chi connectivity index (χ3v) is 10.2. The van der Waals surface area contributed by atoms with Crippen molar-refractivity contribution in [2.45, 2.75) is 72.1 Å². The molecule has 0 aliphatic heterocycles. The standard InChI is InChI=1S/C28H41N3O2/c1-17-4-6-21-19(12-17)5-7-23-22(21)8-9-28(3)24(23)13-18(2)26(28)25(32)16-30-15-20(14-29)27-31-10-11-33-27/h10-11,14-15,17-19,21-24,26H,4-9,12-13,16,29H2,1-3H3. The number of allylic oxidation sites excluding steroid dienone is 1. The molecule has 33 heavy (non-hydrogen) atoms. The lowest BCUT2D eigenvalue weighted by molar-refractivity contribution is -0.130. The summed E-state index contributed by atoms with van der Waals surface area (Å²) in [6, 6.07) is 0. The minimum atomic E-state index is 0.122. The molecule has 4 aliphatic carbocycles. The lowest BCUT2D eigenvalue weighted by Gasteiger charge is -2.56. The van der Waals surface area contributed by atoms with Gasteiger partial charge in [0.2, 0.25) is 5.89 Å². The van der Waals surface area contributed by atoms with Crippen LogP contribution in [0.1, 0.15) is 78.0 Å². The van der Waals surface area contributed by atoms with Crippen molar-refractivity contribution < 1.29 is 9.21 Å². The summed E-state index contributed by atoms with van der Waals surface area (Å²) in [5.41, 5.74) is 6.45. The summed E-state index contributed by atoms with van der Waals surface area (Å²) in [5.74, 6) is 6.59. The first-order valence-electron chi connectivity index (χ1n) is 13.3. The van der Waals surface area contributed by atoms with Crippen LogP contribution in [-0.4, -0.2) is 23.5 Å². The predicted molar refractivity (Wildman–Crippen MR) is 131 cm³/mol. The van der Waals surface area contributed by atoms with Crippen molar-refractivity contribution >= 4 is 17.6 Å². The minimum Gasteiger partial charge on any atom is -0.444 e. The zero-order valence-electron chi connectivity index (χ0n) is 20.6. The zero-order chi connectivity index (χ0) is 23.2. The van der Waals surface area contributed by atoms with Gasteiger partial charge in [0.05, 0.1) is 18.3 Å². The molecule has 0 amide bonds. The lowest BCUT2D eigenvalue weighted by Crippen LogP contribution is -2.49. The lowest BCUT2D eigenvalue weighted by atomic mass is 9.49. The summed E-state index contributed by atoms with van der Waals surface area (Å²) in [4.78, 5) is 22.1. The third kappa shape index (κ3) is 4.00. The first-order valence-corrected chi connectivity index (χ1v) is 13.3. The van der Waals surface area contributed by atoms with Crippen LogP contribution in [0.25, 0.3) is 5.57 Å². The Morgan fingerprint density at radius 2 is 2.00 bits per heavy atom. The van der Waals surface area contributed by atoms with Gasteiger partial charge in [0.1, 0.15) is 6.26 Å². The molecule has 4 fully saturated rings. The highest BCUT2D eigenvalue weighted by atomic mass is 16.3. The van der Waals surface area contributed by atoms with Gasteiger partial charge in [-0.15, -0.1) is 0 Å². The molecular weight excluding hydrogens is 410 g/mol. The van der Waals surface area contributed by atoms with Crippen LogP contribution in [0.4, 0.5) is 0 Å². The monoisotopic (exact) mass is 451 g/mol. The van der Waals surface area contributed by atoms with Crippen LogP contribution in [0.15, 0.2) is 28.1 Å². The Morgan fingerprint density at radius 1 is 1.18 bits per heavy atom. The molecule has 2 N–H and O–H groups in total. The van der Waals surface area contributed by atoms with E-state index in [1.807, 2.05) is 0 Å². The van der Waals surface area contributed by atoms with Gasteiger partial charge in [0.15, 0.2) is 5.78 Å². The van der Waals surface area contributed by atoms with E-state index in [0.717, 1.165) is 29.6 Å². The van der Waals surface area contributed by atoms with E-state index >= 15 is 0 Å². The third-order valence-electron chi connectivity index (χ3n) is 10.2. The van der Waals surface area contributed by atoms with Gasteiger partial charge < -0.3 is 10.2 Å². The number of oxazole rings is 1. The summed E-state index contributed by atoms with van der Waals surface area (Å²) < 4.78 is 5.31. The molecule has 0 saturated heterocycles. The number of carbonyl (C=O) groups is 1. The van der Waals surface area contributed by atoms with Crippen LogP contribution >= 0.6 is 0 Å². The first-order chi connectivity index (χ1) is 15.9. The fourth-order valence-corrected chi connectivity index (χ4v) is 9.01. The second kappa shape index (κ2) is 9.03. The Morgan fingerprint density at radius 3 is 2.76 bits per heavy atom. The maximum atomic E-state index is 13.5. The van der Waals surface area contributed by atoms with Crippen molar-refractivity contribution in [1.82, 2.24) is 4.98 Å². The number of aromatic nitrogens is 1. The van der Waals surface area contributed by atoms with Crippen molar-refractivity contribution in [3.05, 3.63) is 24.6 Å². The Hall–Kier alpha value is -1.91. The van der Waals surface area contributed by atoms with E-state index in [9.17, 15) is 4.79 Å². The first kappa shape index (κ1) is 22.9. The predicted octanol–water partition coefficient (Wildman–Crippen LogP) is 5.77. The molecule has 1 aromatic rings. The van der Waals surface area contributed by atoms with Crippen molar-refractivity contribution in [2.75, 3.05) is 6.54 Å². The molecule has 1 aromatic heterocycles. The molecule has 4 saturated carbocycles. The van der Waals surface area contributed by atoms with E-state index in [4.69, 9.17) is 10.2 Å². The van der Waals surface area contributed by atoms with Gasteiger partial charge in [-0.3, -0.25) is 9.79 Å². The maximum Gasteiger partial charge on any atom is 0.228 e. The highest BCUT2D eigenvalue weighted by molar-refractivity contribution is 6.08. The van der Waals surface area contributed by atoms with E-state index in [1.54, 1.807) is 12.4 Å². The molecule has 9 unspecified atom stereocenters. The van der Waals surface area contributed by atoms with E-state index in [2.05, 4.69) is 30.7 Å². The minimum absolute atomic E-state index is 0.122. The highest BCUT2D eigenvalue weighted by Crippen LogP contribution is 2.65. The van der Waals surface area contributed by atoms with Gasteiger partial charge in [-0.2, -0.15) is 0 Å². The molecule has 4 aliphatic rings. The molecule has 0 aromatic carbocycles. The van der Waals surface area contributed by atoms with Crippen LogP contribution in [0.3, 0.4) is 0 Å². The molecule has 0 radical (unpaired) electrons. The molecule has 0 spiro atoms. The second-order valence-electron chi connectivity index (χ2n) is 12.0. The van der Waals surface area contributed by atoms with E-state index < -0.39 is 0 Å². The Balaban J connectivity index is 1.28. The average molecular weight is 452 g/mol. The van der Waals surface area contributed by atoms with Crippen LogP contribution < -0.4 is 5.73 Å². The summed E-state index contributed by atoms with van der Waals surface area (Å²) in [7, 11) is 0. The smallest absolute Gasteiger partial charge is 0.228 e. The molecule has 5 rings (SSSR count). The molecule has 0 bridgehead atoms. The fraction of sp³-hybridized carbons (Fsp3) is 0.750. The topological polar surface area (TPSA) is 81.5 Å². The van der Waals surface area contributed by atoms with Gasteiger partial charge >= 0.3 is 0 Å². The number of carbonyl (C=O) groups excluding carboxylic acids is 1. The largest absolute Gasteiger partial charge is 0.444 e. The number of fused-ring (bicyclic) bond motifs is 5. The molecule has 9 atom stereocenters. The summed E-state index contributed by atoms with van der Waals surface area (Å²) >= 11 is 0. The van der Waals surface area contributed by atoms with Gasteiger partial charge in [0, 0.05) is 18.3 Å². The summed E-state index contributed by atoms with van der Waals surface area (Å²) in [6.45, 7) is 7.43. The summed E-state index contributed by atoms with van der Waals surface area (Å²) in [6.07, 6.45) is 17.1. The van der Waals surface area contributed by atoms with Crippen molar-refractivity contribution in [1.29, 1.82) is 0 Å². The van der Waals surface area contributed by atoms with Crippen molar-refractivity contribution in [3.63, 3.8) is 0 Å². The zero-order valence-corrected chi connectivity index (χ0v) is 20.6. The number of rotatable bonds is 5. The highest BCUT2D eigenvalue weighted by Gasteiger charge is 2.60. The number of Topliss-reactive ketones (excluding diaryl/α,β-unsaturated/α-hetero) is 1. The number of hydrogen-bond donors (Lipinski definition) is 1. The number of hydrogen-bond acceptors (Lipinski definition) is 5. The Labute approximate surface area is 198 Å². The Kier molecular flexibility index (Phi) is 6.26.